The SMILES string of the molecule is Cl.Cl.O=C(C1CCCNC1)N1CCCC(CN2CCOCC2)C1. The molecule has 5 nitrogen and oxygen atoms in total. The highest BCUT2D eigenvalue weighted by Crippen LogP contribution is 2.22. The van der Waals surface area contributed by atoms with Gasteiger partial charge in [0.25, 0.3) is 0 Å². The number of carbonyl (C=O) groups excluding carboxylic acids is 1. The Morgan fingerprint density at radius 3 is 2.57 bits per heavy atom. The van der Waals surface area contributed by atoms with Crippen molar-refractivity contribution in [3.05, 3.63) is 0 Å². The first-order valence-electron chi connectivity index (χ1n) is 8.62. The second kappa shape index (κ2) is 10.7. The molecule has 3 heterocycles. The quantitative estimate of drug-likeness (QED) is 0.818. The van der Waals surface area contributed by atoms with Crippen LogP contribution < -0.4 is 5.32 Å². The third-order valence-electron chi connectivity index (χ3n) is 5.10. The van der Waals surface area contributed by atoms with Crippen LogP contribution in [0.15, 0.2) is 0 Å². The van der Waals surface area contributed by atoms with Gasteiger partial charge in [0.1, 0.15) is 0 Å². The minimum atomic E-state index is 0. The first kappa shape index (κ1) is 21.0. The average molecular weight is 368 g/mol. The molecule has 0 saturated carbocycles. The van der Waals surface area contributed by atoms with Gasteiger partial charge in [-0.15, -0.1) is 24.8 Å². The fourth-order valence-electron chi connectivity index (χ4n) is 3.88. The van der Waals surface area contributed by atoms with Gasteiger partial charge >= 0.3 is 0 Å². The minimum absolute atomic E-state index is 0. The van der Waals surface area contributed by atoms with E-state index in [1.807, 2.05) is 0 Å². The van der Waals surface area contributed by atoms with E-state index in [-0.39, 0.29) is 30.7 Å². The maximum absolute atomic E-state index is 12.6. The van der Waals surface area contributed by atoms with Crippen LogP contribution in [0.1, 0.15) is 25.7 Å². The van der Waals surface area contributed by atoms with Crippen LogP contribution in [-0.2, 0) is 9.53 Å². The molecule has 0 aromatic rings. The Morgan fingerprint density at radius 2 is 1.87 bits per heavy atom. The molecule has 3 rings (SSSR count). The summed E-state index contributed by atoms with van der Waals surface area (Å²) in [6.45, 7) is 8.85. The first-order valence-corrected chi connectivity index (χ1v) is 8.62. The van der Waals surface area contributed by atoms with Crippen molar-refractivity contribution in [2.24, 2.45) is 11.8 Å². The van der Waals surface area contributed by atoms with Crippen LogP contribution in [0.2, 0.25) is 0 Å². The second-order valence-corrected chi connectivity index (χ2v) is 6.75. The van der Waals surface area contributed by atoms with Crippen molar-refractivity contribution >= 4 is 30.7 Å². The number of hydrogen-bond donors (Lipinski definition) is 1. The predicted octanol–water partition coefficient (Wildman–Crippen LogP) is 1.40. The maximum Gasteiger partial charge on any atom is 0.226 e. The number of hydrogen-bond acceptors (Lipinski definition) is 4. The molecule has 23 heavy (non-hydrogen) atoms. The molecular formula is C16H31Cl2N3O2. The van der Waals surface area contributed by atoms with E-state index in [0.29, 0.717) is 11.8 Å². The zero-order chi connectivity index (χ0) is 14.5. The molecule has 0 bridgehead atoms. The van der Waals surface area contributed by atoms with Crippen LogP contribution in [0.4, 0.5) is 0 Å². The molecule has 3 aliphatic heterocycles. The largest absolute Gasteiger partial charge is 0.379 e. The molecule has 0 aromatic heterocycles. The number of halogens is 2. The van der Waals surface area contributed by atoms with E-state index in [2.05, 4.69) is 15.1 Å². The molecule has 1 N–H and O–H groups in total. The molecule has 0 aliphatic carbocycles. The second-order valence-electron chi connectivity index (χ2n) is 6.75. The summed E-state index contributed by atoms with van der Waals surface area (Å²) in [6, 6.07) is 0. The molecule has 0 aromatic carbocycles. The van der Waals surface area contributed by atoms with E-state index in [1.54, 1.807) is 0 Å². The van der Waals surface area contributed by atoms with Gasteiger partial charge in [0.05, 0.1) is 19.1 Å². The van der Waals surface area contributed by atoms with Crippen molar-refractivity contribution in [1.82, 2.24) is 15.1 Å². The van der Waals surface area contributed by atoms with E-state index < -0.39 is 0 Å². The number of nitrogens with one attached hydrogen (secondary N) is 1. The average Bonchev–Trinajstić information content (AvgIpc) is 2.56. The first-order chi connectivity index (χ1) is 10.3. The van der Waals surface area contributed by atoms with Gasteiger partial charge in [0.2, 0.25) is 5.91 Å². The molecule has 3 saturated heterocycles. The highest BCUT2D eigenvalue weighted by atomic mass is 35.5. The lowest BCUT2D eigenvalue weighted by molar-refractivity contribution is -0.138. The molecule has 3 aliphatic rings. The predicted molar refractivity (Wildman–Crippen MR) is 96.7 cm³/mol. The minimum Gasteiger partial charge on any atom is -0.379 e. The lowest BCUT2D eigenvalue weighted by Crippen LogP contribution is -2.49. The van der Waals surface area contributed by atoms with Crippen molar-refractivity contribution < 1.29 is 9.53 Å². The zero-order valence-corrected chi connectivity index (χ0v) is 15.5. The summed E-state index contributed by atoms with van der Waals surface area (Å²) in [5.74, 6) is 1.27. The Bertz CT molecular complexity index is 348. The number of likely N-dealkylation sites (tertiary alicyclic amines) is 1. The number of carbonyl (C=O) groups is 1. The molecule has 0 radical (unpaired) electrons. The molecule has 3 fully saturated rings. The summed E-state index contributed by atoms with van der Waals surface area (Å²) < 4.78 is 5.41. The van der Waals surface area contributed by atoms with Gasteiger partial charge in [-0.25, -0.2) is 0 Å². The Labute approximate surface area is 152 Å². The Balaban J connectivity index is 0.00000132. The van der Waals surface area contributed by atoms with Crippen molar-refractivity contribution in [2.45, 2.75) is 25.7 Å². The number of piperidine rings is 2. The van der Waals surface area contributed by atoms with Gasteiger partial charge in [-0.05, 0) is 38.1 Å². The zero-order valence-electron chi connectivity index (χ0n) is 13.9. The van der Waals surface area contributed by atoms with Crippen LogP contribution in [0.3, 0.4) is 0 Å². The molecule has 1 amide bonds. The third-order valence-corrected chi connectivity index (χ3v) is 5.10. The van der Waals surface area contributed by atoms with E-state index in [4.69, 9.17) is 4.74 Å². The Kier molecular flexibility index (Phi) is 9.78. The Hall–Kier alpha value is -0.0700. The molecule has 136 valence electrons. The highest BCUT2D eigenvalue weighted by molar-refractivity contribution is 5.85. The number of ether oxygens (including phenoxy) is 1. The summed E-state index contributed by atoms with van der Waals surface area (Å²) in [5, 5.41) is 3.36. The monoisotopic (exact) mass is 367 g/mol. The van der Waals surface area contributed by atoms with Crippen LogP contribution >= 0.6 is 24.8 Å². The fraction of sp³-hybridized carbons (Fsp3) is 0.938. The van der Waals surface area contributed by atoms with Crippen molar-refractivity contribution in [2.75, 3.05) is 59.0 Å². The number of rotatable bonds is 3. The molecule has 7 heteroatoms. The number of amides is 1. The van der Waals surface area contributed by atoms with Crippen molar-refractivity contribution in [3.8, 4) is 0 Å². The van der Waals surface area contributed by atoms with E-state index in [9.17, 15) is 4.79 Å². The summed E-state index contributed by atoms with van der Waals surface area (Å²) in [6.07, 6.45) is 4.64. The number of nitrogens with zero attached hydrogens (tertiary/aromatic N) is 2. The standard InChI is InChI=1S/C16H29N3O2.2ClH/c20-16(15-4-1-5-17-11-15)19-6-2-3-14(13-19)12-18-7-9-21-10-8-18;;/h14-15,17H,1-13H2;2*1H. The van der Waals surface area contributed by atoms with E-state index >= 15 is 0 Å². The van der Waals surface area contributed by atoms with E-state index in [0.717, 1.165) is 71.9 Å². The number of morpholine rings is 1. The normalized spacial score (nSPS) is 29.3. The molecule has 0 spiro atoms. The molecule has 2 unspecified atom stereocenters. The van der Waals surface area contributed by atoms with Gasteiger partial charge in [0, 0.05) is 39.3 Å². The van der Waals surface area contributed by atoms with Crippen LogP contribution in [0.5, 0.6) is 0 Å². The Morgan fingerprint density at radius 1 is 1.09 bits per heavy atom. The van der Waals surface area contributed by atoms with Gasteiger partial charge in [-0.1, -0.05) is 0 Å². The smallest absolute Gasteiger partial charge is 0.226 e. The third kappa shape index (κ3) is 6.05. The van der Waals surface area contributed by atoms with Crippen LogP contribution in [-0.4, -0.2) is 74.7 Å². The van der Waals surface area contributed by atoms with Crippen LogP contribution in [0, 0.1) is 11.8 Å². The van der Waals surface area contributed by atoms with Crippen molar-refractivity contribution in [1.29, 1.82) is 0 Å². The van der Waals surface area contributed by atoms with Gasteiger partial charge in [-0.3, -0.25) is 9.69 Å². The van der Waals surface area contributed by atoms with Crippen LogP contribution in [0.25, 0.3) is 0 Å². The van der Waals surface area contributed by atoms with Gasteiger partial charge in [-0.2, -0.15) is 0 Å². The van der Waals surface area contributed by atoms with E-state index in [1.165, 1.54) is 12.8 Å². The summed E-state index contributed by atoms with van der Waals surface area (Å²) in [4.78, 5) is 17.3. The maximum atomic E-state index is 12.6. The van der Waals surface area contributed by atoms with Crippen molar-refractivity contribution in [3.63, 3.8) is 0 Å². The highest BCUT2D eigenvalue weighted by Gasteiger charge is 2.30. The lowest BCUT2D eigenvalue weighted by Gasteiger charge is -2.38. The summed E-state index contributed by atoms with van der Waals surface area (Å²) >= 11 is 0. The molecular weight excluding hydrogens is 337 g/mol. The topological polar surface area (TPSA) is 44.8 Å². The molecule has 2 atom stereocenters. The summed E-state index contributed by atoms with van der Waals surface area (Å²) in [7, 11) is 0. The lowest BCUT2D eigenvalue weighted by atomic mass is 9.93. The van der Waals surface area contributed by atoms with Gasteiger partial charge in [0.15, 0.2) is 0 Å². The van der Waals surface area contributed by atoms with Gasteiger partial charge < -0.3 is 15.0 Å². The fourth-order valence-corrected chi connectivity index (χ4v) is 3.88. The summed E-state index contributed by atoms with van der Waals surface area (Å²) in [5.41, 5.74) is 0.